The van der Waals surface area contributed by atoms with Crippen LogP contribution in [0.3, 0.4) is 0 Å². The molecule has 0 unspecified atom stereocenters. The third kappa shape index (κ3) is 7.15. The Morgan fingerprint density at radius 3 is 2.52 bits per heavy atom. The molecule has 2 aromatic heterocycles. The highest BCUT2D eigenvalue weighted by atomic mass is 16.6. The van der Waals surface area contributed by atoms with Crippen LogP contribution in [-0.2, 0) is 17.8 Å². The molecule has 222 valence electrons. The van der Waals surface area contributed by atoms with Gasteiger partial charge in [0.15, 0.2) is 5.82 Å². The van der Waals surface area contributed by atoms with E-state index in [1.807, 2.05) is 43.7 Å². The number of nitrogens with zero attached hydrogens (tertiary/aromatic N) is 5. The molecule has 0 aliphatic carbocycles. The van der Waals surface area contributed by atoms with E-state index < -0.39 is 11.7 Å². The Kier molecular flexibility index (Phi) is 8.99. The number of aryl methyl sites for hydroxylation is 2. The van der Waals surface area contributed by atoms with Gasteiger partial charge in [-0.2, -0.15) is 5.10 Å². The number of phenols is 1. The van der Waals surface area contributed by atoms with Gasteiger partial charge in [0.2, 0.25) is 0 Å². The van der Waals surface area contributed by atoms with Crippen LogP contribution in [0.5, 0.6) is 11.5 Å². The maximum atomic E-state index is 13.7. The molecule has 0 atom stereocenters. The Hall–Kier alpha value is -4.67. The van der Waals surface area contributed by atoms with Crippen molar-refractivity contribution in [3.05, 3.63) is 65.1 Å². The van der Waals surface area contributed by atoms with Crippen molar-refractivity contribution >= 4 is 22.9 Å². The van der Waals surface area contributed by atoms with Crippen molar-refractivity contribution in [2.75, 3.05) is 20.2 Å². The fraction of sp³-hybridized carbons (Fsp3) is 0.387. The third-order valence-electron chi connectivity index (χ3n) is 6.60. The number of carbonyl (C=O) groups excluding carboxylic acids is 2. The van der Waals surface area contributed by atoms with Crippen LogP contribution in [0, 0.1) is 13.8 Å². The fourth-order valence-electron chi connectivity index (χ4n) is 4.45. The Bertz CT molecular complexity index is 1610. The molecular formula is C31H38N6O5. The van der Waals surface area contributed by atoms with Crippen LogP contribution in [0.15, 0.2) is 42.6 Å². The van der Waals surface area contributed by atoms with E-state index in [9.17, 15) is 14.7 Å². The predicted octanol–water partition coefficient (Wildman–Crippen LogP) is 5.01. The topological polar surface area (TPSA) is 132 Å². The van der Waals surface area contributed by atoms with E-state index in [0.29, 0.717) is 34.6 Å². The number of phenolic OH excluding ortho intramolecular Hbond substituents is 1. The molecule has 0 aliphatic rings. The summed E-state index contributed by atoms with van der Waals surface area (Å²) in [4.78, 5) is 36.5. The van der Waals surface area contributed by atoms with Crippen LogP contribution < -0.4 is 10.1 Å². The number of ether oxygens (including phenoxy) is 2. The van der Waals surface area contributed by atoms with Crippen molar-refractivity contribution in [3.8, 4) is 22.9 Å². The zero-order valence-electron chi connectivity index (χ0n) is 25.2. The van der Waals surface area contributed by atoms with E-state index in [1.165, 1.54) is 12.1 Å². The van der Waals surface area contributed by atoms with E-state index in [0.717, 1.165) is 23.4 Å². The summed E-state index contributed by atoms with van der Waals surface area (Å²) in [6.45, 7) is 13.0. The number of hydrogen-bond acceptors (Lipinski definition) is 8. The van der Waals surface area contributed by atoms with Gasteiger partial charge >= 0.3 is 6.09 Å². The number of rotatable bonds is 9. The molecule has 0 bridgehead atoms. The van der Waals surface area contributed by atoms with Crippen LogP contribution in [0.2, 0.25) is 0 Å². The smallest absolute Gasteiger partial charge is 0.407 e. The Morgan fingerprint density at radius 2 is 1.86 bits per heavy atom. The van der Waals surface area contributed by atoms with Crippen molar-refractivity contribution in [2.45, 2.75) is 60.2 Å². The molecule has 11 heteroatoms. The maximum Gasteiger partial charge on any atom is 0.407 e. The van der Waals surface area contributed by atoms with E-state index >= 15 is 0 Å². The van der Waals surface area contributed by atoms with Crippen LogP contribution in [0.1, 0.15) is 55.0 Å². The molecule has 2 amide bonds. The summed E-state index contributed by atoms with van der Waals surface area (Å²) in [5.41, 5.74) is 3.66. The standard InChI is InChI=1S/C31H38N6O5/c1-8-37-20(3)22(17-33-37)18-36(7)29(39)27-24-16-23(38)10-11-25(24)34-28(35-27)21-9-12-26(19(2)15-21)41-14-13-32-30(40)42-31(4,5)6/h9-12,15-17,38H,8,13-14,18H2,1-7H3,(H,32,40). The van der Waals surface area contributed by atoms with Gasteiger partial charge in [0.25, 0.3) is 5.91 Å². The number of hydrogen-bond donors (Lipinski definition) is 2. The van der Waals surface area contributed by atoms with Crippen LogP contribution in [-0.4, -0.2) is 67.6 Å². The lowest BCUT2D eigenvalue weighted by Gasteiger charge is -2.19. The molecule has 0 saturated heterocycles. The third-order valence-corrected chi connectivity index (χ3v) is 6.60. The lowest BCUT2D eigenvalue weighted by atomic mass is 10.1. The summed E-state index contributed by atoms with van der Waals surface area (Å²) in [7, 11) is 1.72. The number of carbonyl (C=O) groups is 2. The second kappa shape index (κ2) is 12.5. The molecule has 0 radical (unpaired) electrons. The number of alkyl carbamates (subject to hydrolysis) is 1. The van der Waals surface area contributed by atoms with Crippen molar-refractivity contribution < 1.29 is 24.2 Å². The predicted molar refractivity (Wildman–Crippen MR) is 160 cm³/mol. The Balaban J connectivity index is 1.55. The molecular weight excluding hydrogens is 536 g/mol. The van der Waals surface area contributed by atoms with Crippen molar-refractivity contribution in [1.82, 2.24) is 30.0 Å². The first-order chi connectivity index (χ1) is 19.9. The lowest BCUT2D eigenvalue weighted by molar-refractivity contribution is 0.0520. The summed E-state index contributed by atoms with van der Waals surface area (Å²) in [5.74, 6) is 0.747. The molecule has 0 spiro atoms. The van der Waals surface area contributed by atoms with Gasteiger partial charge in [-0.3, -0.25) is 9.48 Å². The Morgan fingerprint density at radius 1 is 1.10 bits per heavy atom. The van der Waals surface area contributed by atoms with Crippen molar-refractivity contribution in [2.24, 2.45) is 0 Å². The molecule has 2 aromatic carbocycles. The molecule has 4 rings (SSSR count). The highest BCUT2D eigenvalue weighted by Gasteiger charge is 2.22. The zero-order chi connectivity index (χ0) is 30.6. The quantitative estimate of drug-likeness (QED) is 0.267. The normalized spacial score (nSPS) is 11.4. The average molecular weight is 575 g/mol. The summed E-state index contributed by atoms with van der Waals surface area (Å²) in [6, 6.07) is 10.2. The number of aromatic hydroxyl groups is 1. The second-order valence-electron chi connectivity index (χ2n) is 11.1. The lowest BCUT2D eigenvalue weighted by Crippen LogP contribution is -2.34. The van der Waals surface area contributed by atoms with Gasteiger partial charge in [-0.15, -0.1) is 0 Å². The molecule has 2 heterocycles. The SMILES string of the molecule is CCn1ncc(CN(C)C(=O)c2nc(-c3ccc(OCCNC(=O)OC(C)(C)C)c(C)c3)nc3ccc(O)cc23)c1C. The number of amides is 2. The number of fused-ring (bicyclic) bond motifs is 1. The van der Waals surface area contributed by atoms with Gasteiger partial charge in [-0.25, -0.2) is 14.8 Å². The molecule has 0 saturated carbocycles. The van der Waals surface area contributed by atoms with Crippen LogP contribution in [0.25, 0.3) is 22.3 Å². The minimum atomic E-state index is -0.569. The van der Waals surface area contributed by atoms with Gasteiger partial charge in [-0.1, -0.05) is 0 Å². The van der Waals surface area contributed by atoms with Gasteiger partial charge in [0.1, 0.15) is 29.4 Å². The number of nitrogens with one attached hydrogen (secondary N) is 1. The summed E-state index contributed by atoms with van der Waals surface area (Å²) in [5, 5.41) is 17.7. The van der Waals surface area contributed by atoms with Gasteiger partial charge in [0, 0.05) is 42.3 Å². The minimum Gasteiger partial charge on any atom is -0.508 e. The molecule has 11 nitrogen and oxygen atoms in total. The summed E-state index contributed by atoms with van der Waals surface area (Å²) >= 11 is 0. The van der Waals surface area contributed by atoms with Crippen LogP contribution in [0.4, 0.5) is 4.79 Å². The van der Waals surface area contributed by atoms with E-state index in [1.54, 1.807) is 45.0 Å². The van der Waals surface area contributed by atoms with Gasteiger partial charge < -0.3 is 24.8 Å². The summed E-state index contributed by atoms with van der Waals surface area (Å²) in [6.07, 6.45) is 1.28. The number of aromatic nitrogens is 4. The summed E-state index contributed by atoms with van der Waals surface area (Å²) < 4.78 is 13.0. The molecule has 0 aliphatic heterocycles. The number of benzene rings is 2. The largest absolute Gasteiger partial charge is 0.508 e. The second-order valence-corrected chi connectivity index (χ2v) is 11.1. The Labute approximate surface area is 245 Å². The molecule has 4 aromatic rings. The molecule has 2 N–H and O–H groups in total. The monoisotopic (exact) mass is 574 g/mol. The maximum absolute atomic E-state index is 13.7. The van der Waals surface area contributed by atoms with Crippen molar-refractivity contribution in [1.29, 1.82) is 0 Å². The molecule has 0 fully saturated rings. The highest BCUT2D eigenvalue weighted by molar-refractivity contribution is 6.05. The zero-order valence-corrected chi connectivity index (χ0v) is 25.2. The highest BCUT2D eigenvalue weighted by Crippen LogP contribution is 2.29. The first-order valence-corrected chi connectivity index (χ1v) is 13.8. The van der Waals surface area contributed by atoms with E-state index in [4.69, 9.17) is 9.47 Å². The molecule has 42 heavy (non-hydrogen) atoms. The van der Waals surface area contributed by atoms with E-state index in [-0.39, 0.29) is 30.5 Å². The van der Waals surface area contributed by atoms with Crippen molar-refractivity contribution in [3.63, 3.8) is 0 Å². The average Bonchev–Trinajstić information content (AvgIpc) is 3.28. The first kappa shape index (κ1) is 30.3. The van der Waals surface area contributed by atoms with Gasteiger partial charge in [0.05, 0.1) is 18.3 Å². The van der Waals surface area contributed by atoms with E-state index in [2.05, 4.69) is 20.4 Å². The minimum absolute atomic E-state index is 0.0223. The van der Waals surface area contributed by atoms with Gasteiger partial charge in [-0.05, 0) is 83.5 Å². The fourth-order valence-corrected chi connectivity index (χ4v) is 4.45. The first-order valence-electron chi connectivity index (χ1n) is 13.8. The van der Waals surface area contributed by atoms with Crippen LogP contribution >= 0.6 is 0 Å².